The van der Waals surface area contributed by atoms with Crippen LogP contribution in [0, 0.1) is 5.92 Å². The summed E-state index contributed by atoms with van der Waals surface area (Å²) < 4.78 is 0. The maximum absolute atomic E-state index is 11.5. The minimum atomic E-state index is -0.792. The normalized spacial score (nSPS) is 26.8. The summed E-state index contributed by atoms with van der Waals surface area (Å²) in [5.74, 6) is 0.0324. The molecule has 0 bridgehead atoms. The third-order valence-corrected chi connectivity index (χ3v) is 3.86. The van der Waals surface area contributed by atoms with Crippen LogP contribution in [0.1, 0.15) is 39.0 Å². The first kappa shape index (κ1) is 15.9. The van der Waals surface area contributed by atoms with Gasteiger partial charge in [-0.25, -0.2) is 0 Å². The minimum absolute atomic E-state index is 0.0936. The number of aliphatic hydroxyl groups is 1. The van der Waals surface area contributed by atoms with Crippen molar-refractivity contribution in [2.75, 3.05) is 19.6 Å². The van der Waals surface area contributed by atoms with Crippen molar-refractivity contribution in [2.24, 2.45) is 11.7 Å². The number of hydrogen-bond donors (Lipinski definition) is 4. The zero-order valence-electron chi connectivity index (χ0n) is 11.6. The number of carbonyl (C=O) groups is 2. The highest BCUT2D eigenvalue weighted by molar-refractivity contribution is 5.85. The summed E-state index contributed by atoms with van der Waals surface area (Å²) in [7, 11) is 0. The predicted molar refractivity (Wildman–Crippen MR) is 72.3 cm³/mol. The molecule has 0 aromatic carbocycles. The maximum Gasteiger partial charge on any atom is 0.239 e. The Kier molecular flexibility index (Phi) is 6.24. The smallest absolute Gasteiger partial charge is 0.239 e. The SMILES string of the molecule is CCC1CCC(O)(CNC(=O)CNC(=O)CN)CC1. The third-order valence-electron chi connectivity index (χ3n) is 3.86. The van der Waals surface area contributed by atoms with Crippen LogP contribution in [0.25, 0.3) is 0 Å². The molecule has 1 saturated carbocycles. The summed E-state index contributed by atoms with van der Waals surface area (Å²) in [5.41, 5.74) is 4.32. The lowest BCUT2D eigenvalue weighted by Crippen LogP contribution is -2.48. The van der Waals surface area contributed by atoms with Crippen molar-refractivity contribution in [1.29, 1.82) is 0 Å². The lowest BCUT2D eigenvalue weighted by atomic mass is 9.78. The summed E-state index contributed by atoms with van der Waals surface area (Å²) in [6, 6.07) is 0. The average molecular weight is 271 g/mol. The molecule has 1 fully saturated rings. The Morgan fingerprint density at radius 1 is 1.26 bits per heavy atom. The molecule has 1 rings (SSSR count). The first-order chi connectivity index (χ1) is 8.99. The highest BCUT2D eigenvalue weighted by Gasteiger charge is 2.32. The second-order valence-corrected chi connectivity index (χ2v) is 5.33. The fraction of sp³-hybridized carbons (Fsp3) is 0.846. The van der Waals surface area contributed by atoms with E-state index in [2.05, 4.69) is 17.6 Å². The van der Waals surface area contributed by atoms with Gasteiger partial charge >= 0.3 is 0 Å². The van der Waals surface area contributed by atoms with Gasteiger partial charge in [-0.3, -0.25) is 9.59 Å². The fourth-order valence-electron chi connectivity index (χ4n) is 2.38. The highest BCUT2D eigenvalue weighted by atomic mass is 16.3. The molecule has 19 heavy (non-hydrogen) atoms. The quantitative estimate of drug-likeness (QED) is 0.523. The Morgan fingerprint density at radius 3 is 2.42 bits per heavy atom. The van der Waals surface area contributed by atoms with Crippen LogP contribution < -0.4 is 16.4 Å². The van der Waals surface area contributed by atoms with Gasteiger partial charge in [-0.05, 0) is 31.6 Å². The van der Waals surface area contributed by atoms with E-state index >= 15 is 0 Å². The molecule has 0 spiro atoms. The summed E-state index contributed by atoms with van der Waals surface area (Å²) in [6.07, 6.45) is 4.61. The average Bonchev–Trinajstić information content (AvgIpc) is 2.43. The van der Waals surface area contributed by atoms with E-state index in [0.717, 1.165) is 32.1 Å². The monoisotopic (exact) mass is 271 g/mol. The van der Waals surface area contributed by atoms with Crippen LogP contribution in [-0.4, -0.2) is 42.2 Å². The summed E-state index contributed by atoms with van der Waals surface area (Å²) >= 11 is 0. The minimum Gasteiger partial charge on any atom is -0.388 e. The summed E-state index contributed by atoms with van der Waals surface area (Å²) in [6.45, 7) is 2.19. The molecule has 0 aliphatic heterocycles. The largest absolute Gasteiger partial charge is 0.388 e. The molecule has 5 N–H and O–H groups in total. The molecule has 2 amide bonds. The molecule has 6 heteroatoms. The van der Waals surface area contributed by atoms with Gasteiger partial charge in [0.2, 0.25) is 11.8 Å². The molecule has 1 aliphatic rings. The van der Waals surface area contributed by atoms with Crippen molar-refractivity contribution in [3.8, 4) is 0 Å². The Hall–Kier alpha value is -1.14. The van der Waals surface area contributed by atoms with E-state index in [0.29, 0.717) is 5.92 Å². The van der Waals surface area contributed by atoms with E-state index < -0.39 is 5.60 Å². The lowest BCUT2D eigenvalue weighted by Gasteiger charge is -2.35. The molecule has 0 aromatic heterocycles. The van der Waals surface area contributed by atoms with Gasteiger partial charge in [-0.2, -0.15) is 0 Å². The Balaban J connectivity index is 2.24. The Morgan fingerprint density at radius 2 is 1.89 bits per heavy atom. The van der Waals surface area contributed by atoms with Crippen LogP contribution in [0.5, 0.6) is 0 Å². The molecule has 110 valence electrons. The van der Waals surface area contributed by atoms with E-state index in [1.165, 1.54) is 0 Å². The second-order valence-electron chi connectivity index (χ2n) is 5.33. The molecule has 6 nitrogen and oxygen atoms in total. The van der Waals surface area contributed by atoms with E-state index in [1.54, 1.807) is 0 Å². The van der Waals surface area contributed by atoms with Crippen molar-refractivity contribution in [3.05, 3.63) is 0 Å². The van der Waals surface area contributed by atoms with Gasteiger partial charge in [0, 0.05) is 6.54 Å². The van der Waals surface area contributed by atoms with Gasteiger partial charge in [-0.1, -0.05) is 13.3 Å². The second kappa shape index (κ2) is 7.45. The Labute approximate surface area is 114 Å². The van der Waals surface area contributed by atoms with E-state index in [-0.39, 0.29) is 31.4 Å². The van der Waals surface area contributed by atoms with Gasteiger partial charge in [0.15, 0.2) is 0 Å². The third kappa shape index (κ3) is 5.57. The summed E-state index contributed by atoms with van der Waals surface area (Å²) in [5, 5.41) is 15.4. The number of carbonyl (C=O) groups excluding carboxylic acids is 2. The van der Waals surface area contributed by atoms with E-state index in [4.69, 9.17) is 5.73 Å². The molecular formula is C13H25N3O3. The fourth-order valence-corrected chi connectivity index (χ4v) is 2.38. The van der Waals surface area contributed by atoms with Gasteiger partial charge in [0.25, 0.3) is 0 Å². The van der Waals surface area contributed by atoms with E-state index in [9.17, 15) is 14.7 Å². The molecule has 0 unspecified atom stereocenters. The highest BCUT2D eigenvalue weighted by Crippen LogP contribution is 2.33. The van der Waals surface area contributed by atoms with Crippen LogP contribution >= 0.6 is 0 Å². The Bertz CT molecular complexity index is 312. The van der Waals surface area contributed by atoms with Crippen molar-refractivity contribution < 1.29 is 14.7 Å². The van der Waals surface area contributed by atoms with Crippen molar-refractivity contribution in [2.45, 2.75) is 44.6 Å². The van der Waals surface area contributed by atoms with Crippen molar-refractivity contribution in [1.82, 2.24) is 10.6 Å². The first-order valence-electron chi connectivity index (χ1n) is 6.95. The van der Waals surface area contributed by atoms with Gasteiger partial charge in [-0.15, -0.1) is 0 Å². The molecule has 0 atom stereocenters. The molecule has 0 radical (unpaired) electrons. The number of amides is 2. The zero-order chi connectivity index (χ0) is 14.3. The van der Waals surface area contributed by atoms with Crippen LogP contribution in [0.3, 0.4) is 0 Å². The van der Waals surface area contributed by atoms with Crippen LogP contribution in [-0.2, 0) is 9.59 Å². The van der Waals surface area contributed by atoms with Gasteiger partial charge in [0.05, 0.1) is 18.7 Å². The molecule has 1 aliphatic carbocycles. The van der Waals surface area contributed by atoms with Gasteiger partial charge < -0.3 is 21.5 Å². The van der Waals surface area contributed by atoms with Crippen molar-refractivity contribution >= 4 is 11.8 Å². The molecule has 0 heterocycles. The molecular weight excluding hydrogens is 246 g/mol. The van der Waals surface area contributed by atoms with Gasteiger partial charge in [0.1, 0.15) is 0 Å². The zero-order valence-corrected chi connectivity index (χ0v) is 11.6. The molecule has 0 aromatic rings. The number of nitrogens with two attached hydrogens (primary N) is 1. The standard InChI is InChI=1S/C13H25N3O3/c1-2-10-3-5-13(19,6-4-10)9-16-12(18)8-15-11(17)7-14/h10,19H,2-9,14H2,1H3,(H,15,17)(H,16,18). The first-order valence-corrected chi connectivity index (χ1v) is 6.95. The molecule has 0 saturated heterocycles. The topological polar surface area (TPSA) is 104 Å². The lowest BCUT2D eigenvalue weighted by molar-refractivity contribution is -0.126. The number of hydrogen-bond acceptors (Lipinski definition) is 4. The van der Waals surface area contributed by atoms with Crippen LogP contribution in [0.2, 0.25) is 0 Å². The number of nitrogens with one attached hydrogen (secondary N) is 2. The van der Waals surface area contributed by atoms with Crippen molar-refractivity contribution in [3.63, 3.8) is 0 Å². The summed E-state index contributed by atoms with van der Waals surface area (Å²) in [4.78, 5) is 22.4. The number of rotatable bonds is 6. The van der Waals surface area contributed by atoms with Crippen LogP contribution in [0.15, 0.2) is 0 Å². The maximum atomic E-state index is 11.5. The predicted octanol–water partition coefficient (Wildman–Crippen LogP) is -0.491. The van der Waals surface area contributed by atoms with Crippen LogP contribution in [0.4, 0.5) is 0 Å². The van der Waals surface area contributed by atoms with E-state index in [1.807, 2.05) is 0 Å².